The van der Waals surface area contributed by atoms with Crippen LogP contribution in [-0.2, 0) is 49.4 Å². The number of para-hydroxylation sites is 2. The lowest BCUT2D eigenvalue weighted by atomic mass is 9.81. The van der Waals surface area contributed by atoms with E-state index in [9.17, 15) is 9.59 Å². The second kappa shape index (κ2) is 16.6. The molecule has 2 fully saturated rings. The molecule has 2 aromatic rings. The van der Waals surface area contributed by atoms with Gasteiger partial charge in [0.2, 0.25) is 5.69 Å². The maximum atomic E-state index is 12.2. The van der Waals surface area contributed by atoms with Gasteiger partial charge in [0.05, 0.1) is 5.41 Å². The zero-order chi connectivity index (χ0) is 35.8. The lowest BCUT2D eigenvalue weighted by Crippen LogP contribution is -2.28. The predicted molar refractivity (Wildman–Crippen MR) is 190 cm³/mol. The number of hydrogen-bond donors (Lipinski definition) is 0. The molecule has 0 unspecified atom stereocenters. The first-order valence-corrected chi connectivity index (χ1v) is 18.2. The van der Waals surface area contributed by atoms with Crippen LogP contribution < -0.4 is 4.90 Å². The Hall–Kier alpha value is -3.91. The van der Waals surface area contributed by atoms with E-state index in [-0.39, 0.29) is 22.8 Å². The maximum absolute atomic E-state index is 12.2. The number of carbonyl (C=O) groups excluding carboxylic acids is 2. The summed E-state index contributed by atoms with van der Waals surface area (Å²) < 4.78 is 2.44. The van der Waals surface area contributed by atoms with Gasteiger partial charge < -0.3 is 14.6 Å². The zero-order valence-electron chi connectivity index (χ0n) is 30.3. The summed E-state index contributed by atoms with van der Waals surface area (Å²) in [7, 11) is 0. The molecule has 2 aromatic carbocycles. The lowest BCUT2D eigenvalue weighted by molar-refractivity contribution is -0.460. The molecule has 6 rings (SSSR count). The number of carbonyl (C=O) groups is 2. The van der Waals surface area contributed by atoms with Crippen LogP contribution in [0.1, 0.15) is 90.2 Å². The first kappa shape index (κ1) is 36.9. The van der Waals surface area contributed by atoms with Gasteiger partial charge in [0.25, 0.3) is 0 Å². The summed E-state index contributed by atoms with van der Waals surface area (Å²) in [6.45, 7) is 12.4. The van der Waals surface area contributed by atoms with E-state index in [2.05, 4.69) is 104 Å². The van der Waals surface area contributed by atoms with Crippen LogP contribution in [0, 0.1) is 0 Å². The molecule has 4 aliphatic heterocycles. The van der Waals surface area contributed by atoms with Crippen LogP contribution in [0.3, 0.4) is 0 Å². The SMILES string of the molecule is CC1(C)C(=CC=CC2=[N+](CCCCCC(=O)ON3OCCO3)c3ccccc3C2(C)C)N(CCCCCC(=O)ON2OCCO2)c2ccccc21. The Bertz CT molecular complexity index is 1640. The Morgan fingerprint density at radius 1 is 0.725 bits per heavy atom. The fourth-order valence-electron chi connectivity index (χ4n) is 7.31. The highest BCUT2D eigenvalue weighted by atomic mass is 17.2. The van der Waals surface area contributed by atoms with Gasteiger partial charge >= 0.3 is 11.9 Å². The number of rotatable bonds is 16. The lowest BCUT2D eigenvalue weighted by Gasteiger charge is -2.27. The molecule has 274 valence electrons. The van der Waals surface area contributed by atoms with Gasteiger partial charge in [0.1, 0.15) is 43.8 Å². The molecular weight excluding hydrogens is 652 g/mol. The highest BCUT2D eigenvalue weighted by Gasteiger charge is 2.44. The van der Waals surface area contributed by atoms with Crippen molar-refractivity contribution in [3.05, 3.63) is 83.6 Å². The Kier molecular flexibility index (Phi) is 12.0. The van der Waals surface area contributed by atoms with Crippen molar-refractivity contribution < 1.29 is 43.2 Å². The van der Waals surface area contributed by atoms with Crippen molar-refractivity contribution in [3.63, 3.8) is 0 Å². The molecule has 4 heterocycles. The summed E-state index contributed by atoms with van der Waals surface area (Å²) in [4.78, 5) is 57.1. The first-order chi connectivity index (χ1) is 24.7. The van der Waals surface area contributed by atoms with E-state index in [1.54, 1.807) is 0 Å². The third-order valence-corrected chi connectivity index (χ3v) is 9.94. The molecule has 0 N–H and O–H groups in total. The average Bonchev–Trinajstić information content (AvgIpc) is 3.90. The molecule has 4 aliphatic rings. The summed E-state index contributed by atoms with van der Waals surface area (Å²) in [5.74, 6) is -0.718. The number of allylic oxidation sites excluding steroid dienone is 4. The topological polar surface area (TPSA) is 102 Å². The van der Waals surface area contributed by atoms with Gasteiger partial charge in [-0.15, -0.1) is 0 Å². The predicted octanol–water partition coefficient (Wildman–Crippen LogP) is 6.70. The largest absolute Gasteiger partial charge is 0.344 e. The summed E-state index contributed by atoms with van der Waals surface area (Å²) in [6, 6.07) is 17.3. The van der Waals surface area contributed by atoms with E-state index in [1.807, 2.05) is 0 Å². The average molecular weight is 704 g/mol. The molecule has 0 radical (unpaired) electrons. The van der Waals surface area contributed by atoms with Gasteiger partial charge in [-0.1, -0.05) is 62.7 Å². The molecule has 2 saturated heterocycles. The number of anilines is 1. The van der Waals surface area contributed by atoms with Crippen LogP contribution in [0.15, 0.2) is 72.5 Å². The molecule has 0 spiro atoms. The van der Waals surface area contributed by atoms with Crippen molar-refractivity contribution >= 4 is 29.0 Å². The third-order valence-electron chi connectivity index (χ3n) is 9.94. The molecule has 0 amide bonds. The molecule has 0 bridgehead atoms. The standard InChI is InChI=1S/C39H51N4O8/c1-38(2)30-16-9-11-18-32(30)40(24-13-5-7-22-36(44)50-42-46-26-27-47-42)34(38)20-15-21-35-39(3,4)31-17-10-12-19-33(31)41(35)25-14-6-8-23-37(45)51-43-48-28-29-49-43/h9-12,15-21H,5-8,13-14,22-29H2,1-4H3/q+1. The molecule has 0 atom stereocenters. The molecule has 12 nitrogen and oxygen atoms in total. The Balaban J connectivity index is 1.12. The fraction of sp³-hybridized carbons (Fsp3) is 0.513. The third kappa shape index (κ3) is 8.60. The minimum atomic E-state index is -0.359. The minimum Gasteiger partial charge on any atom is -0.344 e. The van der Waals surface area contributed by atoms with Gasteiger partial charge in [-0.3, -0.25) is 9.59 Å². The van der Waals surface area contributed by atoms with E-state index in [0.29, 0.717) is 39.3 Å². The van der Waals surface area contributed by atoms with E-state index >= 15 is 0 Å². The van der Waals surface area contributed by atoms with Gasteiger partial charge in [-0.25, -0.2) is 19.4 Å². The molecule has 0 aromatic heterocycles. The summed E-state index contributed by atoms with van der Waals surface area (Å²) in [5, 5.41) is 1.62. The van der Waals surface area contributed by atoms with Gasteiger partial charge in [-0.2, -0.15) is 4.58 Å². The second-order valence-electron chi connectivity index (χ2n) is 14.2. The highest BCUT2D eigenvalue weighted by molar-refractivity contribution is 6.03. The Morgan fingerprint density at radius 2 is 1.29 bits per heavy atom. The van der Waals surface area contributed by atoms with Crippen LogP contribution in [-0.4, -0.2) is 72.5 Å². The van der Waals surface area contributed by atoms with Crippen LogP contribution >= 0.6 is 0 Å². The molecule has 12 heteroatoms. The van der Waals surface area contributed by atoms with Crippen LogP contribution in [0.2, 0.25) is 0 Å². The maximum Gasteiger partial charge on any atom is 0.330 e. The van der Waals surface area contributed by atoms with Crippen molar-refractivity contribution in [1.29, 1.82) is 0 Å². The molecule has 0 aliphatic carbocycles. The number of unbranched alkanes of at least 4 members (excludes halogenated alkanes) is 4. The first-order valence-electron chi connectivity index (χ1n) is 18.2. The van der Waals surface area contributed by atoms with E-state index in [4.69, 9.17) is 29.0 Å². The monoisotopic (exact) mass is 703 g/mol. The van der Waals surface area contributed by atoms with E-state index in [0.717, 1.165) is 62.4 Å². The van der Waals surface area contributed by atoms with Crippen LogP contribution in [0.5, 0.6) is 0 Å². The van der Waals surface area contributed by atoms with Gasteiger partial charge in [0, 0.05) is 60.3 Å². The summed E-state index contributed by atoms with van der Waals surface area (Å²) in [5.41, 5.74) is 7.24. The minimum absolute atomic E-state index is 0.173. The molecule has 51 heavy (non-hydrogen) atoms. The quantitative estimate of drug-likeness (QED) is 0.138. The van der Waals surface area contributed by atoms with E-state index < -0.39 is 0 Å². The number of nitrogens with zero attached hydrogens (tertiary/aromatic N) is 4. The van der Waals surface area contributed by atoms with Crippen LogP contribution in [0.25, 0.3) is 0 Å². The van der Waals surface area contributed by atoms with Crippen molar-refractivity contribution in [3.8, 4) is 0 Å². The van der Waals surface area contributed by atoms with Crippen molar-refractivity contribution in [2.45, 2.75) is 89.9 Å². The normalized spacial score (nSPS) is 20.5. The van der Waals surface area contributed by atoms with Crippen molar-refractivity contribution in [2.24, 2.45) is 0 Å². The summed E-state index contributed by atoms with van der Waals surface area (Å²) >= 11 is 0. The second-order valence-corrected chi connectivity index (χ2v) is 14.2. The number of hydrogen-bond acceptors (Lipinski definition) is 11. The van der Waals surface area contributed by atoms with Crippen molar-refractivity contribution in [2.75, 3.05) is 44.4 Å². The highest BCUT2D eigenvalue weighted by Crippen LogP contribution is 2.48. The van der Waals surface area contributed by atoms with Gasteiger partial charge in [-0.05, 0) is 57.2 Å². The van der Waals surface area contributed by atoms with E-state index in [1.165, 1.54) is 33.9 Å². The van der Waals surface area contributed by atoms with Crippen LogP contribution in [0.4, 0.5) is 11.4 Å². The van der Waals surface area contributed by atoms with Crippen molar-refractivity contribution in [1.82, 2.24) is 10.8 Å². The molecular formula is C39H51N4O8+. The van der Waals surface area contributed by atoms with Gasteiger partial charge in [0.15, 0.2) is 5.71 Å². The number of benzene rings is 2. The fourth-order valence-corrected chi connectivity index (χ4v) is 7.31. The Morgan fingerprint density at radius 3 is 1.94 bits per heavy atom. The smallest absolute Gasteiger partial charge is 0.330 e. The molecule has 0 saturated carbocycles. The zero-order valence-corrected chi connectivity index (χ0v) is 30.3. The number of fused-ring (bicyclic) bond motifs is 2. The summed E-state index contributed by atoms with van der Waals surface area (Å²) in [6.07, 6.45) is 12.5. The Labute approximate surface area is 300 Å².